The van der Waals surface area contributed by atoms with Crippen LogP contribution in [0.1, 0.15) is 19.5 Å². The molecule has 7 nitrogen and oxygen atoms in total. The lowest BCUT2D eigenvalue weighted by atomic mass is 10.1. The van der Waals surface area contributed by atoms with Gasteiger partial charge in [-0.05, 0) is 18.2 Å². The first kappa shape index (κ1) is 20.4. The van der Waals surface area contributed by atoms with E-state index < -0.39 is 12.1 Å². The Kier molecular flexibility index (Phi) is 5.62. The molecule has 1 amide bonds. The van der Waals surface area contributed by atoms with E-state index in [0.717, 1.165) is 0 Å². The quantitative estimate of drug-likeness (QED) is 0.648. The number of aromatic nitrogens is 3. The van der Waals surface area contributed by atoms with Crippen LogP contribution in [0.15, 0.2) is 30.6 Å². The summed E-state index contributed by atoms with van der Waals surface area (Å²) in [5.74, 6) is -0.470. The Morgan fingerprint density at radius 2 is 1.97 bits per heavy atom. The number of nitrogens with zero attached hydrogens (tertiary/aromatic N) is 2. The summed E-state index contributed by atoms with van der Waals surface area (Å²) in [6.07, 6.45) is -2.26. The van der Waals surface area contributed by atoms with Crippen molar-refractivity contribution < 1.29 is 27.4 Å². The Labute approximate surface area is 164 Å². The molecule has 0 atom stereocenters. The summed E-state index contributed by atoms with van der Waals surface area (Å²) in [7, 11) is 1.41. The molecule has 1 aromatic carbocycles. The van der Waals surface area contributed by atoms with Crippen molar-refractivity contribution in [2.24, 2.45) is 5.92 Å². The molecule has 3 rings (SSSR count). The Hall–Kier alpha value is -3.30. The van der Waals surface area contributed by atoms with E-state index in [1.807, 2.05) is 0 Å². The standard InChI is InChI=1S/C19H19F3N4O3/c1-10(2)18(27)25-7-12-4-11-5-16(29-19(20,21)22)13(6-14(11)26-12)15-8-24-17(28-3)9-23-15/h4-6,8-10,26H,7H2,1-3H3,(H,25,27). The zero-order chi connectivity index (χ0) is 21.2. The second-order valence-corrected chi connectivity index (χ2v) is 6.59. The highest BCUT2D eigenvalue weighted by Gasteiger charge is 2.32. The van der Waals surface area contributed by atoms with Gasteiger partial charge in [0.2, 0.25) is 11.8 Å². The topological polar surface area (TPSA) is 89.1 Å². The van der Waals surface area contributed by atoms with Crippen molar-refractivity contribution in [3.05, 3.63) is 36.3 Å². The van der Waals surface area contributed by atoms with E-state index in [4.69, 9.17) is 4.74 Å². The lowest BCUT2D eigenvalue weighted by Gasteiger charge is -2.13. The first-order valence-corrected chi connectivity index (χ1v) is 8.72. The van der Waals surface area contributed by atoms with Gasteiger partial charge in [-0.15, -0.1) is 13.2 Å². The average Bonchev–Trinajstić information content (AvgIpc) is 3.06. The van der Waals surface area contributed by atoms with Crippen LogP contribution in [-0.2, 0) is 11.3 Å². The fourth-order valence-electron chi connectivity index (χ4n) is 2.67. The number of hydrogen-bond donors (Lipinski definition) is 2. The molecule has 29 heavy (non-hydrogen) atoms. The highest BCUT2D eigenvalue weighted by atomic mass is 19.4. The lowest BCUT2D eigenvalue weighted by molar-refractivity contribution is -0.274. The summed E-state index contributed by atoms with van der Waals surface area (Å²) >= 11 is 0. The fourth-order valence-corrected chi connectivity index (χ4v) is 2.67. The SMILES string of the molecule is COc1cnc(-c2cc3[nH]c(CNC(=O)C(C)C)cc3cc2OC(F)(F)F)cn1. The number of nitrogens with one attached hydrogen (secondary N) is 2. The van der Waals surface area contributed by atoms with Crippen LogP contribution in [0.5, 0.6) is 11.6 Å². The van der Waals surface area contributed by atoms with Gasteiger partial charge in [0.15, 0.2) is 0 Å². The summed E-state index contributed by atoms with van der Waals surface area (Å²) in [5, 5.41) is 3.26. The number of amides is 1. The lowest BCUT2D eigenvalue weighted by Crippen LogP contribution is -2.27. The van der Waals surface area contributed by atoms with Crippen LogP contribution < -0.4 is 14.8 Å². The molecular formula is C19H19F3N4O3. The zero-order valence-electron chi connectivity index (χ0n) is 15.9. The number of carbonyl (C=O) groups is 1. The number of aromatic amines is 1. The van der Waals surface area contributed by atoms with Gasteiger partial charge in [0, 0.05) is 28.1 Å². The van der Waals surface area contributed by atoms with Crippen molar-refractivity contribution in [2.45, 2.75) is 26.8 Å². The van der Waals surface area contributed by atoms with E-state index in [1.54, 1.807) is 19.9 Å². The molecule has 2 N–H and O–H groups in total. The molecule has 154 valence electrons. The molecule has 3 aromatic rings. The molecule has 0 aliphatic rings. The second kappa shape index (κ2) is 7.98. The summed E-state index contributed by atoms with van der Waals surface area (Å²) in [6.45, 7) is 3.76. The van der Waals surface area contributed by atoms with Crippen LogP contribution in [0, 0.1) is 5.92 Å². The number of H-pyrrole nitrogens is 1. The number of fused-ring (bicyclic) bond motifs is 1. The van der Waals surface area contributed by atoms with Gasteiger partial charge >= 0.3 is 6.36 Å². The smallest absolute Gasteiger partial charge is 0.480 e. The Morgan fingerprint density at radius 1 is 1.21 bits per heavy atom. The Balaban J connectivity index is 2.00. The monoisotopic (exact) mass is 408 g/mol. The van der Waals surface area contributed by atoms with Gasteiger partial charge in [-0.2, -0.15) is 0 Å². The number of ether oxygens (including phenoxy) is 2. The van der Waals surface area contributed by atoms with Crippen molar-refractivity contribution in [3.8, 4) is 22.9 Å². The first-order valence-electron chi connectivity index (χ1n) is 8.72. The number of carbonyl (C=O) groups excluding carboxylic acids is 1. The van der Waals surface area contributed by atoms with Gasteiger partial charge in [-0.3, -0.25) is 4.79 Å². The molecule has 2 aromatic heterocycles. The highest BCUT2D eigenvalue weighted by molar-refractivity contribution is 5.88. The maximum absolute atomic E-state index is 12.9. The normalized spacial score (nSPS) is 11.7. The van der Waals surface area contributed by atoms with E-state index in [2.05, 4.69) is 25.0 Å². The number of halogens is 3. The van der Waals surface area contributed by atoms with Crippen LogP contribution in [0.4, 0.5) is 13.2 Å². The van der Waals surface area contributed by atoms with E-state index >= 15 is 0 Å². The third kappa shape index (κ3) is 4.95. The molecule has 0 spiro atoms. The summed E-state index contributed by atoms with van der Waals surface area (Å²) in [6, 6.07) is 4.43. The van der Waals surface area contributed by atoms with E-state index in [-0.39, 0.29) is 35.5 Å². The van der Waals surface area contributed by atoms with Gasteiger partial charge < -0.3 is 19.8 Å². The molecule has 0 radical (unpaired) electrons. The molecule has 0 saturated heterocycles. The summed E-state index contributed by atoms with van der Waals surface area (Å²) in [4.78, 5) is 22.9. The Bertz CT molecular complexity index is 1010. The number of benzene rings is 1. The van der Waals surface area contributed by atoms with Crippen LogP contribution in [-0.4, -0.2) is 34.3 Å². The minimum atomic E-state index is -4.87. The van der Waals surface area contributed by atoms with Gasteiger partial charge in [-0.25, -0.2) is 9.97 Å². The molecule has 0 aliphatic heterocycles. The third-order valence-corrected chi connectivity index (χ3v) is 4.09. The zero-order valence-corrected chi connectivity index (χ0v) is 15.9. The number of rotatable bonds is 6. The van der Waals surface area contributed by atoms with E-state index in [1.165, 1.54) is 31.6 Å². The largest absolute Gasteiger partial charge is 0.573 e. The molecule has 2 heterocycles. The summed E-state index contributed by atoms with van der Waals surface area (Å²) in [5.41, 5.74) is 1.52. The highest BCUT2D eigenvalue weighted by Crippen LogP contribution is 2.36. The van der Waals surface area contributed by atoms with Crippen LogP contribution >= 0.6 is 0 Å². The van der Waals surface area contributed by atoms with Crippen molar-refractivity contribution in [1.29, 1.82) is 0 Å². The van der Waals surface area contributed by atoms with Gasteiger partial charge in [0.05, 0.1) is 31.7 Å². The number of hydrogen-bond acceptors (Lipinski definition) is 5. The van der Waals surface area contributed by atoms with Crippen molar-refractivity contribution in [1.82, 2.24) is 20.3 Å². The molecule has 0 bridgehead atoms. The molecule has 0 fully saturated rings. The van der Waals surface area contributed by atoms with Crippen LogP contribution in [0.25, 0.3) is 22.2 Å². The van der Waals surface area contributed by atoms with E-state index in [0.29, 0.717) is 16.6 Å². The third-order valence-electron chi connectivity index (χ3n) is 4.09. The average molecular weight is 408 g/mol. The van der Waals surface area contributed by atoms with Crippen LogP contribution in [0.2, 0.25) is 0 Å². The number of alkyl halides is 3. The molecule has 0 saturated carbocycles. The Morgan fingerprint density at radius 3 is 2.55 bits per heavy atom. The molecule has 10 heteroatoms. The van der Waals surface area contributed by atoms with Crippen LogP contribution in [0.3, 0.4) is 0 Å². The summed E-state index contributed by atoms with van der Waals surface area (Å²) < 4.78 is 47.9. The molecule has 0 unspecified atom stereocenters. The van der Waals surface area contributed by atoms with Crippen molar-refractivity contribution >= 4 is 16.8 Å². The minimum Gasteiger partial charge on any atom is -0.480 e. The van der Waals surface area contributed by atoms with Gasteiger partial charge in [0.25, 0.3) is 0 Å². The molecular weight excluding hydrogens is 389 g/mol. The maximum atomic E-state index is 12.9. The minimum absolute atomic E-state index is 0.115. The predicted octanol–water partition coefficient (Wildman–Crippen LogP) is 3.80. The van der Waals surface area contributed by atoms with Crippen molar-refractivity contribution in [3.63, 3.8) is 0 Å². The first-order chi connectivity index (χ1) is 13.7. The van der Waals surface area contributed by atoms with E-state index in [9.17, 15) is 18.0 Å². The van der Waals surface area contributed by atoms with Gasteiger partial charge in [0.1, 0.15) is 5.75 Å². The maximum Gasteiger partial charge on any atom is 0.573 e. The second-order valence-electron chi connectivity index (χ2n) is 6.59. The molecule has 0 aliphatic carbocycles. The van der Waals surface area contributed by atoms with Gasteiger partial charge in [-0.1, -0.05) is 13.8 Å². The fraction of sp³-hybridized carbons (Fsp3) is 0.316. The number of methoxy groups -OCH3 is 1. The van der Waals surface area contributed by atoms with Crippen molar-refractivity contribution in [2.75, 3.05) is 7.11 Å². The predicted molar refractivity (Wildman–Crippen MR) is 99.2 cm³/mol.